The van der Waals surface area contributed by atoms with Gasteiger partial charge < -0.3 is 20.5 Å². The number of fused-ring (bicyclic) bond motifs is 3. The first-order valence-corrected chi connectivity index (χ1v) is 12.1. The molecule has 0 bridgehead atoms. The van der Waals surface area contributed by atoms with E-state index in [4.69, 9.17) is 9.84 Å². The second-order valence-corrected chi connectivity index (χ2v) is 9.28. The van der Waals surface area contributed by atoms with Crippen LogP contribution in [0.25, 0.3) is 11.1 Å². The predicted octanol–water partition coefficient (Wildman–Crippen LogP) is 4.46. The Morgan fingerprint density at radius 1 is 1.03 bits per heavy atom. The Kier molecular flexibility index (Phi) is 7.20. The minimum atomic E-state index is -0.897. The van der Waals surface area contributed by atoms with Crippen LogP contribution in [0.5, 0.6) is 0 Å². The summed E-state index contributed by atoms with van der Waals surface area (Å²) >= 11 is 0. The third kappa shape index (κ3) is 5.24. The van der Waals surface area contributed by atoms with E-state index in [2.05, 4.69) is 34.9 Å². The summed E-state index contributed by atoms with van der Waals surface area (Å²) in [6.45, 7) is 2.69. The molecule has 2 aliphatic rings. The number of ether oxygens (including phenoxy) is 1. The number of alkyl carbamates (subject to hydrolysis) is 1. The molecule has 2 amide bonds. The minimum absolute atomic E-state index is 0.0288. The summed E-state index contributed by atoms with van der Waals surface area (Å²) in [4.78, 5) is 36.1. The van der Waals surface area contributed by atoms with Crippen molar-refractivity contribution in [2.75, 3.05) is 13.2 Å². The van der Waals surface area contributed by atoms with E-state index >= 15 is 0 Å². The number of carboxylic acid groups (broad SMARTS) is 1. The average molecular weight is 465 g/mol. The molecule has 180 valence electrons. The van der Waals surface area contributed by atoms with Crippen LogP contribution in [0.1, 0.15) is 62.5 Å². The van der Waals surface area contributed by atoms with E-state index in [1.807, 2.05) is 31.2 Å². The van der Waals surface area contributed by atoms with E-state index in [0.29, 0.717) is 25.8 Å². The van der Waals surface area contributed by atoms with Crippen LogP contribution >= 0.6 is 0 Å². The van der Waals surface area contributed by atoms with Crippen LogP contribution in [0.2, 0.25) is 0 Å². The van der Waals surface area contributed by atoms with Crippen molar-refractivity contribution >= 4 is 18.0 Å². The molecule has 0 aromatic heterocycles. The van der Waals surface area contributed by atoms with Gasteiger partial charge in [0.05, 0.1) is 0 Å². The van der Waals surface area contributed by atoms with Crippen LogP contribution in [0.4, 0.5) is 4.79 Å². The van der Waals surface area contributed by atoms with Gasteiger partial charge in [-0.25, -0.2) is 4.79 Å². The number of aliphatic carboxylic acids is 1. The highest BCUT2D eigenvalue weighted by molar-refractivity contribution is 5.92. The minimum Gasteiger partial charge on any atom is -0.481 e. The van der Waals surface area contributed by atoms with Crippen molar-refractivity contribution in [2.45, 2.75) is 56.9 Å². The van der Waals surface area contributed by atoms with Gasteiger partial charge in [0, 0.05) is 18.9 Å². The number of carbonyl (C=O) groups is 3. The molecule has 0 spiro atoms. The van der Waals surface area contributed by atoms with Gasteiger partial charge in [0.25, 0.3) is 0 Å². The lowest BCUT2D eigenvalue weighted by atomic mass is 9.96. The summed E-state index contributed by atoms with van der Waals surface area (Å²) in [7, 11) is 0. The van der Waals surface area contributed by atoms with Crippen LogP contribution < -0.4 is 10.6 Å². The predicted molar refractivity (Wildman–Crippen MR) is 128 cm³/mol. The molecule has 1 atom stereocenters. The molecular formula is C27H32N2O5. The van der Waals surface area contributed by atoms with Gasteiger partial charge in [-0.15, -0.1) is 0 Å². The van der Waals surface area contributed by atoms with Gasteiger partial charge in [-0.3, -0.25) is 9.59 Å². The van der Waals surface area contributed by atoms with Crippen molar-refractivity contribution in [3.8, 4) is 11.1 Å². The highest BCUT2D eigenvalue weighted by Crippen LogP contribution is 2.44. The van der Waals surface area contributed by atoms with E-state index in [0.717, 1.165) is 24.0 Å². The summed E-state index contributed by atoms with van der Waals surface area (Å²) < 4.78 is 5.59. The molecular weight excluding hydrogens is 432 g/mol. The Morgan fingerprint density at radius 2 is 1.65 bits per heavy atom. The van der Waals surface area contributed by atoms with Crippen molar-refractivity contribution in [3.05, 3.63) is 59.7 Å². The second kappa shape index (κ2) is 10.3. The molecule has 0 radical (unpaired) electrons. The van der Waals surface area contributed by atoms with Gasteiger partial charge in [-0.2, -0.15) is 0 Å². The van der Waals surface area contributed by atoms with E-state index < -0.39 is 17.6 Å². The molecule has 2 aromatic rings. The first-order valence-electron chi connectivity index (χ1n) is 12.1. The largest absolute Gasteiger partial charge is 0.481 e. The molecule has 7 heteroatoms. The van der Waals surface area contributed by atoms with Crippen LogP contribution in [-0.4, -0.2) is 41.8 Å². The van der Waals surface area contributed by atoms with Crippen molar-refractivity contribution in [1.29, 1.82) is 0 Å². The van der Waals surface area contributed by atoms with Gasteiger partial charge in [0.2, 0.25) is 5.91 Å². The van der Waals surface area contributed by atoms with Crippen molar-refractivity contribution in [3.63, 3.8) is 0 Å². The number of carboxylic acids is 1. The molecule has 2 aliphatic carbocycles. The highest BCUT2D eigenvalue weighted by atomic mass is 16.5. The van der Waals surface area contributed by atoms with Gasteiger partial charge in [-0.05, 0) is 53.9 Å². The van der Waals surface area contributed by atoms with Crippen LogP contribution in [0.15, 0.2) is 48.5 Å². The molecule has 2 aromatic carbocycles. The van der Waals surface area contributed by atoms with Crippen LogP contribution in [0, 0.1) is 5.92 Å². The molecule has 1 unspecified atom stereocenters. The van der Waals surface area contributed by atoms with Crippen molar-refractivity contribution < 1.29 is 24.2 Å². The number of nitrogens with one attached hydrogen (secondary N) is 2. The topological polar surface area (TPSA) is 105 Å². The number of benzene rings is 2. The summed E-state index contributed by atoms with van der Waals surface area (Å²) in [6.07, 6.45) is 2.91. The lowest BCUT2D eigenvalue weighted by Gasteiger charge is -2.20. The lowest BCUT2D eigenvalue weighted by molar-refractivity contribution is -0.137. The van der Waals surface area contributed by atoms with Gasteiger partial charge in [0.1, 0.15) is 12.1 Å². The Balaban J connectivity index is 1.27. The number of hydrogen-bond donors (Lipinski definition) is 3. The number of carbonyl (C=O) groups excluding carboxylic acids is 2. The van der Waals surface area contributed by atoms with Crippen LogP contribution in [0.3, 0.4) is 0 Å². The number of amides is 2. The molecule has 7 nitrogen and oxygen atoms in total. The maximum atomic E-state index is 12.7. The molecule has 1 saturated carbocycles. The zero-order valence-corrected chi connectivity index (χ0v) is 19.5. The molecule has 0 saturated heterocycles. The monoisotopic (exact) mass is 464 g/mol. The zero-order valence-electron chi connectivity index (χ0n) is 19.5. The number of hydrogen-bond acceptors (Lipinski definition) is 4. The zero-order chi connectivity index (χ0) is 24.1. The molecule has 4 rings (SSSR count). The molecule has 0 aliphatic heterocycles. The second-order valence-electron chi connectivity index (χ2n) is 9.28. The first-order chi connectivity index (χ1) is 16.4. The third-order valence-corrected chi connectivity index (χ3v) is 7.05. The Bertz CT molecular complexity index is 1020. The number of rotatable bonds is 11. The standard InChI is InChI=1S/C27H32N2O5/c1-2-18(11-12-24(30)31)13-16-28-25(32)27(14-15-27)29-26(33)34-17-23-21-9-5-3-7-19(21)20-8-4-6-10-22(20)23/h3-10,18,23H,2,11-17H2,1H3,(H,28,32)(H,29,33)(H,30,31). The summed E-state index contributed by atoms with van der Waals surface area (Å²) in [5.74, 6) is -0.777. The molecule has 3 N–H and O–H groups in total. The summed E-state index contributed by atoms with van der Waals surface area (Å²) in [5.41, 5.74) is 3.72. The SMILES string of the molecule is CCC(CCNC(=O)C1(NC(=O)OCC2c3ccccc3-c3ccccc32)CC1)CCC(=O)O. The van der Waals surface area contributed by atoms with E-state index in [9.17, 15) is 14.4 Å². The van der Waals surface area contributed by atoms with E-state index in [1.165, 1.54) is 11.1 Å². The summed E-state index contributed by atoms with van der Waals surface area (Å²) in [6, 6.07) is 16.3. The summed E-state index contributed by atoms with van der Waals surface area (Å²) in [5, 5.41) is 14.5. The quantitative estimate of drug-likeness (QED) is 0.456. The Labute approximate surface area is 199 Å². The average Bonchev–Trinajstić information content (AvgIpc) is 3.55. The fourth-order valence-corrected chi connectivity index (χ4v) is 4.80. The highest BCUT2D eigenvalue weighted by Gasteiger charge is 2.51. The van der Waals surface area contributed by atoms with Gasteiger partial charge in [0.15, 0.2) is 0 Å². The fraction of sp³-hybridized carbons (Fsp3) is 0.444. The van der Waals surface area contributed by atoms with Crippen molar-refractivity contribution in [2.24, 2.45) is 5.92 Å². The van der Waals surface area contributed by atoms with Crippen molar-refractivity contribution in [1.82, 2.24) is 10.6 Å². The molecule has 0 heterocycles. The molecule has 1 fully saturated rings. The maximum absolute atomic E-state index is 12.7. The van der Waals surface area contributed by atoms with E-state index in [-0.39, 0.29) is 30.8 Å². The lowest BCUT2D eigenvalue weighted by Crippen LogP contribution is -2.49. The third-order valence-electron chi connectivity index (χ3n) is 7.05. The Morgan fingerprint density at radius 3 is 2.21 bits per heavy atom. The molecule has 34 heavy (non-hydrogen) atoms. The smallest absolute Gasteiger partial charge is 0.408 e. The van der Waals surface area contributed by atoms with Crippen LogP contribution in [-0.2, 0) is 14.3 Å². The Hall–Kier alpha value is -3.35. The fourth-order valence-electron chi connectivity index (χ4n) is 4.80. The first kappa shape index (κ1) is 23.8. The van der Waals surface area contributed by atoms with Gasteiger partial charge in [-0.1, -0.05) is 61.9 Å². The maximum Gasteiger partial charge on any atom is 0.408 e. The normalized spacial score (nSPS) is 16.1. The van der Waals surface area contributed by atoms with E-state index in [1.54, 1.807) is 0 Å². The van der Waals surface area contributed by atoms with Gasteiger partial charge >= 0.3 is 12.1 Å².